The molecule has 5 heteroatoms. The average molecular weight is 241 g/mol. The zero-order valence-corrected chi connectivity index (χ0v) is 8.74. The van der Waals surface area contributed by atoms with E-state index in [0.29, 0.717) is 6.54 Å². The molecule has 1 aromatic rings. The van der Waals surface area contributed by atoms with Gasteiger partial charge in [0.05, 0.1) is 0 Å². The van der Waals surface area contributed by atoms with Crippen LogP contribution in [0.25, 0.3) is 0 Å². The summed E-state index contributed by atoms with van der Waals surface area (Å²) < 4.78 is 8.64. The SMILES string of the molecule is NCCNc1cccc2c1N=[Se]=N2. The first kappa shape index (κ1) is 8.69. The summed E-state index contributed by atoms with van der Waals surface area (Å²) in [4.78, 5) is 0. The molecule has 0 saturated carbocycles. The van der Waals surface area contributed by atoms with Crippen LogP contribution >= 0.6 is 0 Å². The van der Waals surface area contributed by atoms with Gasteiger partial charge in [0.25, 0.3) is 0 Å². The van der Waals surface area contributed by atoms with Gasteiger partial charge in [-0.1, -0.05) is 0 Å². The molecule has 0 unspecified atom stereocenters. The summed E-state index contributed by atoms with van der Waals surface area (Å²) in [6, 6.07) is 5.98. The van der Waals surface area contributed by atoms with E-state index in [1.54, 1.807) is 0 Å². The molecule has 0 bridgehead atoms. The molecule has 1 aliphatic heterocycles. The molecule has 4 nitrogen and oxygen atoms in total. The molecule has 0 aliphatic carbocycles. The van der Waals surface area contributed by atoms with E-state index in [2.05, 4.69) is 13.2 Å². The second-order valence-corrected chi connectivity index (χ2v) is 3.76. The number of nitrogens with one attached hydrogen (secondary N) is 1. The van der Waals surface area contributed by atoms with Crippen LogP contribution < -0.4 is 11.1 Å². The Morgan fingerprint density at radius 2 is 2.31 bits per heavy atom. The van der Waals surface area contributed by atoms with Crippen molar-refractivity contribution in [1.29, 1.82) is 0 Å². The Morgan fingerprint density at radius 1 is 1.38 bits per heavy atom. The third-order valence-corrected chi connectivity index (χ3v) is 2.88. The average Bonchev–Trinajstić information content (AvgIpc) is 2.62. The van der Waals surface area contributed by atoms with Crippen LogP contribution in [0.2, 0.25) is 0 Å². The van der Waals surface area contributed by atoms with Crippen LogP contribution in [0, 0.1) is 0 Å². The van der Waals surface area contributed by atoms with E-state index in [-0.39, 0.29) is 14.6 Å². The van der Waals surface area contributed by atoms with Crippen molar-refractivity contribution < 1.29 is 0 Å². The van der Waals surface area contributed by atoms with Gasteiger partial charge >= 0.3 is 81.9 Å². The number of nitrogens with two attached hydrogens (primary N) is 1. The fraction of sp³-hybridized carbons (Fsp3) is 0.250. The van der Waals surface area contributed by atoms with Crippen LogP contribution in [0.4, 0.5) is 17.1 Å². The van der Waals surface area contributed by atoms with Crippen LogP contribution in [0.3, 0.4) is 0 Å². The van der Waals surface area contributed by atoms with Gasteiger partial charge in [-0.25, -0.2) is 0 Å². The van der Waals surface area contributed by atoms with Gasteiger partial charge in [0.15, 0.2) is 0 Å². The van der Waals surface area contributed by atoms with Gasteiger partial charge in [-0.2, -0.15) is 0 Å². The maximum atomic E-state index is 5.41. The van der Waals surface area contributed by atoms with E-state index >= 15 is 0 Å². The molecule has 0 saturated heterocycles. The molecule has 0 radical (unpaired) electrons. The van der Waals surface area contributed by atoms with E-state index in [1.807, 2.05) is 18.2 Å². The van der Waals surface area contributed by atoms with Gasteiger partial charge in [0, 0.05) is 0 Å². The van der Waals surface area contributed by atoms with Crippen LogP contribution in [0.15, 0.2) is 26.1 Å². The Hall–Kier alpha value is -0.901. The molecule has 0 aromatic heterocycles. The number of anilines is 1. The van der Waals surface area contributed by atoms with Crippen molar-refractivity contribution in [1.82, 2.24) is 0 Å². The molecule has 13 heavy (non-hydrogen) atoms. The summed E-state index contributed by atoms with van der Waals surface area (Å²) in [5, 5.41) is 3.23. The van der Waals surface area contributed by atoms with Crippen molar-refractivity contribution in [3.63, 3.8) is 0 Å². The van der Waals surface area contributed by atoms with Crippen LogP contribution in [0.1, 0.15) is 0 Å². The Labute approximate surface area is 82.3 Å². The quantitative estimate of drug-likeness (QED) is 0.798. The molecule has 3 N–H and O–H groups in total. The number of rotatable bonds is 3. The van der Waals surface area contributed by atoms with E-state index in [9.17, 15) is 0 Å². The monoisotopic (exact) mass is 242 g/mol. The van der Waals surface area contributed by atoms with Gasteiger partial charge in [-0.15, -0.1) is 0 Å². The normalized spacial score (nSPS) is 12.4. The van der Waals surface area contributed by atoms with Crippen LogP contribution in [-0.2, 0) is 0 Å². The van der Waals surface area contributed by atoms with Crippen molar-refractivity contribution in [3.05, 3.63) is 18.2 Å². The first-order valence-electron chi connectivity index (χ1n) is 4.07. The standard InChI is InChI=1S/C8H10N4Se/c9-4-5-10-6-2-1-3-7-8(6)12-13-11-7/h1-3,10H,4-5,9H2. The molecule has 1 aromatic carbocycles. The summed E-state index contributed by atoms with van der Waals surface area (Å²) in [6.07, 6.45) is 0. The predicted molar refractivity (Wildman–Crippen MR) is 53.9 cm³/mol. The Balaban J connectivity index is 2.27. The van der Waals surface area contributed by atoms with Crippen molar-refractivity contribution in [2.75, 3.05) is 18.4 Å². The van der Waals surface area contributed by atoms with E-state index in [0.717, 1.165) is 23.6 Å². The molecule has 0 amide bonds. The van der Waals surface area contributed by atoms with Crippen molar-refractivity contribution in [3.8, 4) is 0 Å². The third-order valence-electron chi connectivity index (χ3n) is 1.75. The summed E-state index contributed by atoms with van der Waals surface area (Å²) in [5.74, 6) is 0. The van der Waals surface area contributed by atoms with E-state index in [1.165, 1.54) is 0 Å². The van der Waals surface area contributed by atoms with Gasteiger partial charge in [-0.3, -0.25) is 0 Å². The topological polar surface area (TPSA) is 62.8 Å². The Morgan fingerprint density at radius 3 is 3.15 bits per heavy atom. The number of nitrogens with zero attached hydrogens (tertiary/aromatic N) is 2. The number of fused-ring (bicyclic) bond motifs is 1. The van der Waals surface area contributed by atoms with Gasteiger partial charge < -0.3 is 0 Å². The molecule has 0 spiro atoms. The van der Waals surface area contributed by atoms with Crippen molar-refractivity contribution in [2.24, 2.45) is 13.7 Å². The van der Waals surface area contributed by atoms with Gasteiger partial charge in [0.1, 0.15) is 0 Å². The van der Waals surface area contributed by atoms with Crippen molar-refractivity contribution >= 4 is 31.6 Å². The summed E-state index contributed by atoms with van der Waals surface area (Å²) in [7, 11) is 0. The maximum absolute atomic E-state index is 5.41. The third kappa shape index (κ3) is 1.72. The zero-order chi connectivity index (χ0) is 9.10. The predicted octanol–water partition coefficient (Wildman–Crippen LogP) is 1.41. The molecule has 68 valence electrons. The number of benzene rings is 1. The molecular weight excluding hydrogens is 231 g/mol. The second kappa shape index (κ2) is 3.87. The molecular formula is C8H10N4Se. The number of hydrogen-bond acceptors (Lipinski definition) is 4. The second-order valence-electron chi connectivity index (χ2n) is 2.65. The minimum atomic E-state index is 0.0445. The Bertz CT molecular complexity index is 382. The molecule has 1 aliphatic rings. The summed E-state index contributed by atoms with van der Waals surface area (Å²) >= 11 is 0.0445. The van der Waals surface area contributed by atoms with E-state index in [4.69, 9.17) is 5.73 Å². The Kier molecular flexibility index (Phi) is 2.59. The fourth-order valence-corrected chi connectivity index (χ4v) is 2.31. The van der Waals surface area contributed by atoms with Crippen LogP contribution in [0.5, 0.6) is 0 Å². The minimum absolute atomic E-state index is 0.0445. The first-order chi connectivity index (χ1) is 6.42. The number of hydrogen-bond donors (Lipinski definition) is 2. The van der Waals surface area contributed by atoms with Crippen LogP contribution in [-0.4, -0.2) is 27.7 Å². The van der Waals surface area contributed by atoms with E-state index < -0.39 is 0 Å². The van der Waals surface area contributed by atoms with Gasteiger partial charge in [0.2, 0.25) is 0 Å². The summed E-state index contributed by atoms with van der Waals surface area (Å²) in [5.41, 5.74) is 8.45. The molecule has 0 fully saturated rings. The first-order valence-corrected chi connectivity index (χ1v) is 5.60. The molecule has 0 atom stereocenters. The summed E-state index contributed by atoms with van der Waals surface area (Å²) in [6.45, 7) is 1.41. The zero-order valence-electron chi connectivity index (χ0n) is 7.03. The molecule has 1 heterocycles. The molecule has 2 rings (SSSR count). The fourth-order valence-electron chi connectivity index (χ4n) is 1.16. The van der Waals surface area contributed by atoms with Crippen molar-refractivity contribution in [2.45, 2.75) is 0 Å². The van der Waals surface area contributed by atoms with Gasteiger partial charge in [-0.05, 0) is 0 Å².